The van der Waals surface area contributed by atoms with Crippen molar-refractivity contribution in [3.63, 3.8) is 0 Å². The fourth-order valence-electron chi connectivity index (χ4n) is 5.78. The summed E-state index contributed by atoms with van der Waals surface area (Å²) in [5.74, 6) is -0.432. The molecule has 0 radical (unpaired) electrons. The monoisotopic (exact) mass is 698 g/mol. The van der Waals surface area contributed by atoms with Gasteiger partial charge in [-0.05, 0) is 49.4 Å². The van der Waals surface area contributed by atoms with Crippen LogP contribution in [0.1, 0.15) is 11.3 Å². The number of hydrogen-bond donors (Lipinski definition) is 0. The molecule has 0 bridgehead atoms. The van der Waals surface area contributed by atoms with E-state index in [1.807, 2.05) is 60.7 Å². The summed E-state index contributed by atoms with van der Waals surface area (Å²) in [4.78, 5) is 29.5. The van der Waals surface area contributed by atoms with Crippen molar-refractivity contribution in [1.82, 2.24) is 23.4 Å². The van der Waals surface area contributed by atoms with Crippen molar-refractivity contribution in [2.24, 2.45) is 7.05 Å². The molecule has 0 unspecified atom stereocenters. The second-order valence-corrected chi connectivity index (χ2v) is 14.8. The van der Waals surface area contributed by atoms with Crippen LogP contribution in [0.25, 0.3) is 28.7 Å². The Morgan fingerprint density at radius 3 is 2.27 bits per heavy atom. The largest absolute Gasteiger partial charge is 0.379 e. The van der Waals surface area contributed by atoms with Gasteiger partial charge in [0.2, 0.25) is 10.0 Å². The molecule has 244 valence electrons. The minimum atomic E-state index is -3.77. The Labute approximate surface area is 286 Å². The highest BCUT2D eigenvalue weighted by Gasteiger charge is 2.38. The number of morpholine rings is 1. The number of carbonyl (C=O) groups is 1. The molecule has 7 rings (SSSR count). The average Bonchev–Trinajstić information content (AvgIpc) is 3.72. The van der Waals surface area contributed by atoms with Crippen molar-refractivity contribution in [3.05, 3.63) is 118 Å². The molecule has 5 aromatic rings. The number of rotatable bonds is 7. The first-order chi connectivity index (χ1) is 23.1. The number of thioether (sulfide) groups is 1. The lowest BCUT2D eigenvalue weighted by molar-refractivity contribution is -0.113. The first kappa shape index (κ1) is 32.0. The summed E-state index contributed by atoms with van der Waals surface area (Å²) in [7, 11) is -2.01. The van der Waals surface area contributed by atoms with Gasteiger partial charge in [0, 0.05) is 37.5 Å². The molecule has 0 N–H and O–H groups in total. The number of benzene rings is 3. The number of anilines is 1. The van der Waals surface area contributed by atoms with Crippen molar-refractivity contribution in [3.8, 4) is 22.6 Å². The minimum absolute atomic E-state index is 0.141. The van der Waals surface area contributed by atoms with Gasteiger partial charge in [-0.15, -0.1) is 0 Å². The Balaban J connectivity index is 1.30. The van der Waals surface area contributed by atoms with E-state index in [2.05, 4.69) is 0 Å². The second-order valence-electron chi connectivity index (χ2n) is 11.2. The van der Waals surface area contributed by atoms with Crippen molar-refractivity contribution < 1.29 is 17.9 Å². The highest BCUT2D eigenvalue weighted by Crippen LogP contribution is 2.38. The van der Waals surface area contributed by atoms with Crippen molar-refractivity contribution in [2.45, 2.75) is 11.8 Å². The number of sulfonamides is 1. The van der Waals surface area contributed by atoms with Crippen LogP contribution in [0.5, 0.6) is 0 Å². The van der Waals surface area contributed by atoms with Gasteiger partial charge in [-0.1, -0.05) is 72.5 Å². The molecule has 2 fully saturated rings. The van der Waals surface area contributed by atoms with E-state index in [1.54, 1.807) is 59.9 Å². The van der Waals surface area contributed by atoms with Gasteiger partial charge in [0.05, 0.1) is 40.1 Å². The number of amides is 1. The average molecular weight is 699 g/mol. The van der Waals surface area contributed by atoms with Crippen LogP contribution in [0, 0.1) is 6.92 Å². The lowest BCUT2D eigenvalue weighted by atomic mass is 10.1. The topological polar surface area (TPSA) is 112 Å². The normalized spacial score (nSPS) is 16.7. The van der Waals surface area contributed by atoms with Gasteiger partial charge >= 0.3 is 0 Å². The van der Waals surface area contributed by atoms with Crippen LogP contribution in [0.15, 0.2) is 106 Å². The third-order valence-corrected chi connectivity index (χ3v) is 11.5. The Morgan fingerprint density at radius 2 is 1.58 bits per heavy atom. The molecule has 11 nitrogen and oxygen atoms in total. The molecule has 48 heavy (non-hydrogen) atoms. The zero-order valence-electron chi connectivity index (χ0n) is 26.0. The summed E-state index contributed by atoms with van der Waals surface area (Å²) in [5, 5.41) is 4.85. The zero-order chi connectivity index (χ0) is 33.6. The summed E-state index contributed by atoms with van der Waals surface area (Å²) in [6, 6.07) is 25.3. The number of aromatic nitrogens is 4. The van der Waals surface area contributed by atoms with Gasteiger partial charge in [0.1, 0.15) is 11.4 Å². The smallest absolute Gasteiger partial charge is 0.296 e. The fourth-order valence-corrected chi connectivity index (χ4v) is 8.50. The van der Waals surface area contributed by atoms with Crippen LogP contribution in [0.3, 0.4) is 0 Å². The van der Waals surface area contributed by atoms with Gasteiger partial charge in [0.15, 0.2) is 4.32 Å². The SMILES string of the molecule is Cc1c(N2C(=O)C(=Cc3cn(-c4ccccc4)nc3-c3cccc(S(=O)(=O)N4CCOCC4)c3)SC2=S)c(=O)n(-c2ccccc2)n1C. The number of hydrogen-bond acceptors (Lipinski definition) is 8. The molecular formula is C34H30N6O5S3. The molecule has 0 aliphatic carbocycles. The van der Waals surface area contributed by atoms with Crippen molar-refractivity contribution >= 4 is 56.0 Å². The number of nitrogens with zero attached hydrogens (tertiary/aromatic N) is 6. The second kappa shape index (κ2) is 12.8. The van der Waals surface area contributed by atoms with Gasteiger partial charge in [0.25, 0.3) is 11.5 Å². The van der Waals surface area contributed by atoms with Crippen molar-refractivity contribution in [1.29, 1.82) is 0 Å². The van der Waals surface area contributed by atoms with Gasteiger partial charge in [-0.3, -0.25) is 19.2 Å². The summed E-state index contributed by atoms with van der Waals surface area (Å²) in [6.07, 6.45) is 3.48. The van der Waals surface area contributed by atoms with E-state index in [1.165, 1.54) is 13.9 Å². The molecule has 3 aromatic carbocycles. The number of carbonyl (C=O) groups excluding carboxylic acids is 1. The van der Waals surface area contributed by atoms with E-state index >= 15 is 0 Å². The maximum Gasteiger partial charge on any atom is 0.296 e. The highest BCUT2D eigenvalue weighted by molar-refractivity contribution is 8.27. The van der Waals surface area contributed by atoms with E-state index in [0.717, 1.165) is 17.4 Å². The van der Waals surface area contributed by atoms with E-state index in [9.17, 15) is 18.0 Å². The molecule has 2 aromatic heterocycles. The Morgan fingerprint density at radius 1 is 0.917 bits per heavy atom. The van der Waals surface area contributed by atoms with E-state index < -0.39 is 15.9 Å². The quantitative estimate of drug-likeness (QED) is 0.177. The Bertz CT molecular complexity index is 2250. The van der Waals surface area contributed by atoms with E-state index in [-0.39, 0.29) is 33.6 Å². The third kappa shape index (κ3) is 5.65. The van der Waals surface area contributed by atoms with Crippen molar-refractivity contribution in [2.75, 3.05) is 31.2 Å². The molecule has 0 spiro atoms. The Hall–Kier alpha value is -4.60. The lowest BCUT2D eigenvalue weighted by Crippen LogP contribution is -2.40. The molecule has 2 saturated heterocycles. The van der Waals surface area contributed by atoms with Gasteiger partial charge in [-0.25, -0.2) is 17.8 Å². The maximum absolute atomic E-state index is 14.0. The van der Waals surface area contributed by atoms with Gasteiger partial charge in [-0.2, -0.15) is 9.40 Å². The maximum atomic E-state index is 14.0. The first-order valence-electron chi connectivity index (χ1n) is 15.1. The van der Waals surface area contributed by atoms with Crippen LogP contribution in [0.4, 0.5) is 5.69 Å². The summed E-state index contributed by atoms with van der Waals surface area (Å²) in [5.41, 5.74) is 3.46. The summed E-state index contributed by atoms with van der Waals surface area (Å²) >= 11 is 6.77. The molecule has 0 atom stereocenters. The first-order valence-corrected chi connectivity index (χ1v) is 17.8. The van der Waals surface area contributed by atoms with E-state index in [0.29, 0.717) is 46.3 Å². The molecule has 4 heterocycles. The standard InChI is InChI=1S/C34H30N6O5S3/c1-23-31(33(42)40(36(23)2)27-13-7-4-8-14-27)39-32(41)29(47-34(39)46)21-25-22-38(26-11-5-3-6-12-26)35-30(25)24-10-9-15-28(20-24)48(43,44)37-16-18-45-19-17-37/h3-15,20-22H,16-19H2,1-2H3. The fraction of sp³-hybridized carbons (Fsp3) is 0.176. The van der Waals surface area contributed by atoms with Crippen LogP contribution in [-0.2, 0) is 26.6 Å². The third-order valence-electron chi connectivity index (χ3n) is 8.31. The van der Waals surface area contributed by atoms with E-state index in [4.69, 9.17) is 22.1 Å². The Kier molecular flexibility index (Phi) is 8.51. The predicted molar refractivity (Wildman–Crippen MR) is 190 cm³/mol. The van der Waals surface area contributed by atoms with Crippen LogP contribution in [0.2, 0.25) is 0 Å². The molecular weight excluding hydrogens is 669 g/mol. The lowest BCUT2D eigenvalue weighted by Gasteiger charge is -2.26. The number of ether oxygens (including phenoxy) is 1. The zero-order valence-corrected chi connectivity index (χ0v) is 28.5. The molecule has 2 aliphatic rings. The number of para-hydroxylation sites is 2. The molecule has 2 aliphatic heterocycles. The summed E-state index contributed by atoms with van der Waals surface area (Å²) < 4.78 is 38.9. The minimum Gasteiger partial charge on any atom is -0.379 e. The molecule has 0 saturated carbocycles. The molecule has 1 amide bonds. The molecule has 14 heteroatoms. The van der Waals surface area contributed by atoms with Crippen LogP contribution >= 0.6 is 24.0 Å². The van der Waals surface area contributed by atoms with Gasteiger partial charge < -0.3 is 4.74 Å². The van der Waals surface area contributed by atoms with Crippen LogP contribution in [-0.4, -0.2) is 68.4 Å². The highest BCUT2D eigenvalue weighted by atomic mass is 32.2. The summed E-state index contributed by atoms with van der Waals surface area (Å²) in [6.45, 7) is 3.01. The predicted octanol–water partition coefficient (Wildman–Crippen LogP) is 4.76. The number of thiocarbonyl (C=S) groups is 1. The van der Waals surface area contributed by atoms with Crippen LogP contribution < -0.4 is 10.5 Å².